The van der Waals surface area contributed by atoms with Crippen molar-refractivity contribution in [2.45, 2.75) is 52.4 Å². The molecule has 0 bridgehead atoms. The number of hydrogen-bond donors (Lipinski definition) is 0. The average molecular weight is 766 g/mol. The Labute approximate surface area is 300 Å². The second-order valence-corrected chi connectivity index (χ2v) is 12.4. The molecule has 0 unspecified atom stereocenters. The number of rotatable bonds is 6. The first kappa shape index (κ1) is 39.7. The van der Waals surface area contributed by atoms with Crippen LogP contribution in [-0.4, -0.2) is 16.4 Å². The van der Waals surface area contributed by atoms with Crippen LogP contribution in [0.15, 0.2) is 101 Å². The fraction of sp³-hybridized carbons (Fsp3) is 0.205. The van der Waals surface area contributed by atoms with Crippen molar-refractivity contribution in [3.63, 3.8) is 0 Å². The number of alkyl halides is 12. The van der Waals surface area contributed by atoms with Crippen molar-refractivity contribution >= 4 is 22.8 Å². The molecule has 0 amide bonds. The number of pyridine rings is 1. The van der Waals surface area contributed by atoms with E-state index in [0.717, 1.165) is 0 Å². The number of aliphatic imine (C=N–C) groups is 2. The number of nitrogens with zero attached hydrogens (tertiary/aromatic N) is 3. The van der Waals surface area contributed by atoms with Crippen LogP contribution in [0, 0.1) is 13.8 Å². The minimum Gasteiger partial charge on any atom is -0.251 e. The molecule has 5 rings (SSSR count). The van der Waals surface area contributed by atoms with E-state index < -0.39 is 47.0 Å². The van der Waals surface area contributed by atoms with E-state index in [2.05, 4.69) is 15.0 Å². The third-order valence-corrected chi connectivity index (χ3v) is 8.33. The molecule has 15 heteroatoms. The Balaban J connectivity index is 1.49. The molecule has 54 heavy (non-hydrogen) atoms. The lowest BCUT2D eigenvalue weighted by atomic mass is 9.97. The molecule has 0 aliphatic carbocycles. The Hall–Kier alpha value is -5.47. The van der Waals surface area contributed by atoms with E-state index in [9.17, 15) is 52.7 Å². The normalized spacial score (nSPS) is 13.4. The van der Waals surface area contributed by atoms with Gasteiger partial charge in [0.2, 0.25) is 0 Å². The predicted molar refractivity (Wildman–Crippen MR) is 181 cm³/mol. The highest BCUT2D eigenvalue weighted by Crippen LogP contribution is 2.41. The highest BCUT2D eigenvalue weighted by molar-refractivity contribution is 6.02. The molecule has 0 aliphatic heterocycles. The summed E-state index contributed by atoms with van der Waals surface area (Å²) in [6.45, 7) is 6.50. The Morgan fingerprint density at radius 3 is 1.04 bits per heavy atom. The summed E-state index contributed by atoms with van der Waals surface area (Å²) >= 11 is 0. The number of aromatic nitrogens is 1. The van der Waals surface area contributed by atoms with Gasteiger partial charge in [-0.2, -0.15) is 52.7 Å². The zero-order valence-electron chi connectivity index (χ0n) is 28.5. The smallest absolute Gasteiger partial charge is 0.251 e. The topological polar surface area (TPSA) is 37.6 Å². The second kappa shape index (κ2) is 14.4. The van der Waals surface area contributed by atoms with E-state index in [1.165, 1.54) is 36.4 Å². The SMILES string of the molecule is C/C(=N\c1cc(-c2cc(C(F)(F)F)cc(C(F)(F)F)c2)ccc1C)c1cccc(/C(C)=N/c2cc(-c3cc(C(F)(F)F)cc(C(F)(F)F)c3)ccc2C)n1. The first-order chi connectivity index (χ1) is 24.9. The maximum atomic E-state index is 13.5. The van der Waals surface area contributed by atoms with Gasteiger partial charge in [-0.25, -0.2) is 4.98 Å². The van der Waals surface area contributed by atoms with Gasteiger partial charge in [-0.1, -0.05) is 30.3 Å². The molecule has 5 aromatic rings. The van der Waals surface area contributed by atoms with E-state index in [0.29, 0.717) is 58.2 Å². The van der Waals surface area contributed by atoms with Gasteiger partial charge < -0.3 is 0 Å². The number of halogens is 12. The third kappa shape index (κ3) is 9.18. The molecule has 0 saturated heterocycles. The van der Waals surface area contributed by atoms with E-state index >= 15 is 0 Å². The second-order valence-electron chi connectivity index (χ2n) is 12.4. The maximum Gasteiger partial charge on any atom is 0.416 e. The van der Waals surface area contributed by atoms with Gasteiger partial charge in [0.05, 0.1) is 56.4 Å². The van der Waals surface area contributed by atoms with Crippen molar-refractivity contribution in [3.05, 3.63) is 136 Å². The third-order valence-electron chi connectivity index (χ3n) is 8.33. The standard InChI is InChI=1S/C39H27F12N3/c1-20-8-10-24(26-12-28(36(40,41)42)18-29(13-26)37(43,44)45)16-34(20)52-22(3)32-6-5-7-33(54-32)23(4)53-35-17-25(11-9-21(35)2)27-14-30(38(46,47)48)19-31(15-27)39(49,50)51/h5-19H,1-4H3/b52-22+,53-23+. The Bertz CT molecular complexity index is 2050. The van der Waals surface area contributed by atoms with Gasteiger partial charge in [-0.3, -0.25) is 9.98 Å². The van der Waals surface area contributed by atoms with Crippen molar-refractivity contribution in [1.29, 1.82) is 0 Å². The minimum absolute atomic E-state index is 0.0479. The lowest BCUT2D eigenvalue weighted by Gasteiger charge is -2.15. The fourth-order valence-corrected chi connectivity index (χ4v) is 5.38. The van der Waals surface area contributed by atoms with Crippen LogP contribution in [0.2, 0.25) is 0 Å². The molecule has 0 fully saturated rings. The summed E-state index contributed by atoms with van der Waals surface area (Å²) in [5.41, 5.74) is -3.38. The molecule has 3 nitrogen and oxygen atoms in total. The van der Waals surface area contributed by atoms with Gasteiger partial charge in [0.25, 0.3) is 0 Å². The molecule has 0 N–H and O–H groups in total. The molecular formula is C39H27F12N3. The van der Waals surface area contributed by atoms with Crippen LogP contribution >= 0.6 is 0 Å². The molecule has 4 aromatic carbocycles. The Morgan fingerprint density at radius 2 is 0.741 bits per heavy atom. The number of hydrogen-bond acceptors (Lipinski definition) is 3. The first-order valence-electron chi connectivity index (χ1n) is 15.8. The summed E-state index contributed by atoms with van der Waals surface area (Å²) in [5.74, 6) is 0. The van der Waals surface area contributed by atoms with Gasteiger partial charge in [0.15, 0.2) is 0 Å². The maximum absolute atomic E-state index is 13.5. The molecule has 0 radical (unpaired) electrons. The zero-order chi connectivity index (χ0) is 40.0. The van der Waals surface area contributed by atoms with E-state index in [-0.39, 0.29) is 45.8 Å². The van der Waals surface area contributed by atoms with E-state index in [1.54, 1.807) is 45.9 Å². The van der Waals surface area contributed by atoms with E-state index in [1.807, 2.05) is 0 Å². The average Bonchev–Trinajstić information content (AvgIpc) is 3.08. The summed E-state index contributed by atoms with van der Waals surface area (Å²) in [4.78, 5) is 13.7. The summed E-state index contributed by atoms with van der Waals surface area (Å²) in [6, 6.07) is 16.0. The molecule has 1 heterocycles. The van der Waals surface area contributed by atoms with E-state index in [4.69, 9.17) is 0 Å². The van der Waals surface area contributed by atoms with Gasteiger partial charge >= 0.3 is 24.7 Å². The van der Waals surface area contributed by atoms with Crippen LogP contribution in [0.5, 0.6) is 0 Å². The summed E-state index contributed by atoms with van der Waals surface area (Å²) in [5, 5.41) is 0. The largest absolute Gasteiger partial charge is 0.416 e. The van der Waals surface area contributed by atoms with Gasteiger partial charge in [-0.15, -0.1) is 0 Å². The summed E-state index contributed by atoms with van der Waals surface area (Å²) in [6.07, 6.45) is -20.1. The summed E-state index contributed by atoms with van der Waals surface area (Å²) in [7, 11) is 0. The Morgan fingerprint density at radius 1 is 0.426 bits per heavy atom. The highest BCUT2D eigenvalue weighted by Gasteiger charge is 2.38. The van der Waals surface area contributed by atoms with Gasteiger partial charge in [-0.05, 0) is 122 Å². The molecular weight excluding hydrogens is 738 g/mol. The van der Waals surface area contributed by atoms with Crippen molar-refractivity contribution in [3.8, 4) is 22.3 Å². The van der Waals surface area contributed by atoms with Gasteiger partial charge in [0, 0.05) is 0 Å². The fourth-order valence-electron chi connectivity index (χ4n) is 5.38. The van der Waals surface area contributed by atoms with Crippen molar-refractivity contribution < 1.29 is 52.7 Å². The molecule has 0 spiro atoms. The van der Waals surface area contributed by atoms with Crippen LogP contribution in [0.1, 0.15) is 58.6 Å². The molecule has 282 valence electrons. The molecule has 0 saturated carbocycles. The highest BCUT2D eigenvalue weighted by atomic mass is 19.4. The first-order valence-corrected chi connectivity index (χ1v) is 15.8. The van der Waals surface area contributed by atoms with Crippen molar-refractivity contribution in [2.24, 2.45) is 9.98 Å². The van der Waals surface area contributed by atoms with Crippen molar-refractivity contribution in [1.82, 2.24) is 4.98 Å². The van der Waals surface area contributed by atoms with Crippen LogP contribution in [0.3, 0.4) is 0 Å². The van der Waals surface area contributed by atoms with Crippen LogP contribution in [0.25, 0.3) is 22.3 Å². The molecule has 0 aliphatic rings. The van der Waals surface area contributed by atoms with Crippen molar-refractivity contribution in [2.75, 3.05) is 0 Å². The van der Waals surface area contributed by atoms with Crippen LogP contribution in [0.4, 0.5) is 64.1 Å². The van der Waals surface area contributed by atoms with Crippen LogP contribution in [-0.2, 0) is 24.7 Å². The lowest BCUT2D eigenvalue weighted by molar-refractivity contribution is -0.144. The molecule has 0 atom stereocenters. The predicted octanol–water partition coefficient (Wildman–Crippen LogP) is 13.4. The quantitative estimate of drug-likeness (QED) is 0.125. The Kier molecular flexibility index (Phi) is 10.6. The van der Waals surface area contributed by atoms with Gasteiger partial charge in [0.1, 0.15) is 0 Å². The zero-order valence-corrected chi connectivity index (χ0v) is 28.5. The minimum atomic E-state index is -5.03. The number of aryl methyl sites for hydroxylation is 2. The molecule has 1 aromatic heterocycles. The monoisotopic (exact) mass is 765 g/mol. The lowest BCUT2D eigenvalue weighted by Crippen LogP contribution is -2.11. The number of benzene rings is 4. The summed E-state index contributed by atoms with van der Waals surface area (Å²) < 4.78 is 162. The van der Waals surface area contributed by atoms with Crippen LogP contribution < -0.4 is 0 Å².